The van der Waals surface area contributed by atoms with Crippen LogP contribution in [-0.4, -0.2) is 11.9 Å². The van der Waals surface area contributed by atoms with Gasteiger partial charge in [-0.1, -0.05) is 41.9 Å². The van der Waals surface area contributed by atoms with Crippen LogP contribution in [0.15, 0.2) is 53.5 Å². The van der Waals surface area contributed by atoms with Crippen molar-refractivity contribution in [3.05, 3.63) is 64.7 Å². The SMILES string of the molecule is NC(=NCc1ccccc1)NC(=O)c1cc(Cl)ccc1N. The average molecular weight is 303 g/mol. The molecule has 0 saturated heterocycles. The van der Waals surface area contributed by atoms with Crippen LogP contribution in [0, 0.1) is 0 Å². The van der Waals surface area contributed by atoms with E-state index < -0.39 is 5.91 Å². The Kier molecular flexibility index (Phi) is 4.79. The van der Waals surface area contributed by atoms with Gasteiger partial charge in [-0.3, -0.25) is 10.1 Å². The van der Waals surface area contributed by atoms with E-state index in [1.165, 1.54) is 6.07 Å². The van der Waals surface area contributed by atoms with E-state index in [0.717, 1.165) is 5.56 Å². The molecule has 5 nitrogen and oxygen atoms in total. The molecule has 0 fully saturated rings. The van der Waals surface area contributed by atoms with Crippen LogP contribution >= 0.6 is 11.6 Å². The first-order valence-electron chi connectivity index (χ1n) is 6.26. The molecular formula is C15H15ClN4O. The molecule has 0 unspecified atom stereocenters. The highest BCUT2D eigenvalue weighted by Gasteiger charge is 2.11. The van der Waals surface area contributed by atoms with Crippen LogP contribution in [-0.2, 0) is 6.54 Å². The lowest BCUT2D eigenvalue weighted by molar-refractivity contribution is 0.0977. The van der Waals surface area contributed by atoms with Crippen molar-refractivity contribution >= 4 is 29.2 Å². The molecule has 0 heterocycles. The number of nitrogens with zero attached hydrogens (tertiary/aromatic N) is 1. The number of guanidine groups is 1. The second kappa shape index (κ2) is 6.76. The third kappa shape index (κ3) is 4.22. The Balaban J connectivity index is 2.03. The molecule has 0 aliphatic carbocycles. The van der Waals surface area contributed by atoms with Crippen LogP contribution in [0.2, 0.25) is 5.02 Å². The Hall–Kier alpha value is -2.53. The number of carbonyl (C=O) groups is 1. The van der Waals surface area contributed by atoms with Gasteiger partial charge in [-0.15, -0.1) is 0 Å². The minimum Gasteiger partial charge on any atom is -0.398 e. The van der Waals surface area contributed by atoms with Gasteiger partial charge in [0.25, 0.3) is 5.91 Å². The van der Waals surface area contributed by atoms with Crippen molar-refractivity contribution in [2.75, 3.05) is 5.73 Å². The summed E-state index contributed by atoms with van der Waals surface area (Å²) in [6, 6.07) is 14.2. The van der Waals surface area contributed by atoms with Crippen LogP contribution in [0.4, 0.5) is 5.69 Å². The largest absolute Gasteiger partial charge is 0.398 e. The highest BCUT2D eigenvalue weighted by atomic mass is 35.5. The maximum Gasteiger partial charge on any atom is 0.260 e. The monoisotopic (exact) mass is 302 g/mol. The summed E-state index contributed by atoms with van der Waals surface area (Å²) < 4.78 is 0. The van der Waals surface area contributed by atoms with E-state index in [1.54, 1.807) is 12.1 Å². The number of aliphatic imine (C=N–C) groups is 1. The molecule has 0 atom stereocenters. The van der Waals surface area contributed by atoms with Gasteiger partial charge in [-0.2, -0.15) is 0 Å². The standard InChI is InChI=1S/C15H15ClN4O/c16-11-6-7-13(17)12(8-11)14(21)20-15(18)19-9-10-4-2-1-3-5-10/h1-8H,9,17H2,(H3,18,19,20,21). The molecular weight excluding hydrogens is 288 g/mol. The van der Waals surface area contributed by atoms with Crippen molar-refractivity contribution in [1.29, 1.82) is 0 Å². The fraction of sp³-hybridized carbons (Fsp3) is 0.0667. The molecule has 0 aromatic heterocycles. The Morgan fingerprint density at radius 1 is 1.19 bits per heavy atom. The molecule has 6 heteroatoms. The number of rotatable bonds is 3. The van der Waals surface area contributed by atoms with Crippen LogP contribution in [0.1, 0.15) is 15.9 Å². The zero-order valence-electron chi connectivity index (χ0n) is 11.2. The maximum absolute atomic E-state index is 12.0. The molecule has 0 spiro atoms. The Bertz CT molecular complexity index is 671. The molecule has 0 radical (unpaired) electrons. The number of benzene rings is 2. The molecule has 0 saturated carbocycles. The second-order valence-corrected chi connectivity index (χ2v) is 4.81. The van der Waals surface area contributed by atoms with E-state index >= 15 is 0 Å². The zero-order chi connectivity index (χ0) is 15.2. The number of halogens is 1. The zero-order valence-corrected chi connectivity index (χ0v) is 12.0. The van der Waals surface area contributed by atoms with Crippen LogP contribution in [0.25, 0.3) is 0 Å². The van der Waals surface area contributed by atoms with Crippen molar-refractivity contribution in [1.82, 2.24) is 5.32 Å². The Morgan fingerprint density at radius 2 is 1.90 bits per heavy atom. The molecule has 108 valence electrons. The first-order chi connectivity index (χ1) is 10.1. The summed E-state index contributed by atoms with van der Waals surface area (Å²) in [6.07, 6.45) is 0. The number of carbonyl (C=O) groups excluding carboxylic acids is 1. The lowest BCUT2D eigenvalue weighted by atomic mass is 10.1. The lowest BCUT2D eigenvalue weighted by Gasteiger charge is -2.07. The maximum atomic E-state index is 12.0. The van der Waals surface area contributed by atoms with Crippen LogP contribution < -0.4 is 16.8 Å². The second-order valence-electron chi connectivity index (χ2n) is 4.37. The number of anilines is 1. The number of nitrogen functional groups attached to an aromatic ring is 1. The van der Waals surface area contributed by atoms with Gasteiger partial charge < -0.3 is 11.5 Å². The minimum atomic E-state index is -0.440. The molecule has 2 aromatic carbocycles. The van der Waals surface area contributed by atoms with Gasteiger partial charge >= 0.3 is 0 Å². The molecule has 1 amide bonds. The molecule has 2 rings (SSSR count). The van der Waals surface area contributed by atoms with Crippen molar-refractivity contribution in [2.45, 2.75) is 6.54 Å². The van der Waals surface area contributed by atoms with Crippen LogP contribution in [0.5, 0.6) is 0 Å². The first-order valence-corrected chi connectivity index (χ1v) is 6.64. The van der Waals surface area contributed by atoms with E-state index in [2.05, 4.69) is 10.3 Å². The molecule has 21 heavy (non-hydrogen) atoms. The summed E-state index contributed by atoms with van der Waals surface area (Å²) in [5.74, 6) is -0.410. The van der Waals surface area contributed by atoms with Gasteiger partial charge in [0, 0.05) is 10.7 Å². The van der Waals surface area contributed by atoms with E-state index in [0.29, 0.717) is 17.3 Å². The van der Waals surface area contributed by atoms with Gasteiger partial charge in [0.1, 0.15) is 0 Å². The van der Waals surface area contributed by atoms with E-state index in [1.807, 2.05) is 30.3 Å². The quantitative estimate of drug-likeness (QED) is 0.461. The van der Waals surface area contributed by atoms with E-state index in [9.17, 15) is 4.79 Å². The van der Waals surface area contributed by atoms with Gasteiger partial charge in [0.15, 0.2) is 5.96 Å². The Morgan fingerprint density at radius 3 is 2.62 bits per heavy atom. The normalized spacial score (nSPS) is 11.2. The summed E-state index contributed by atoms with van der Waals surface area (Å²) in [5, 5.41) is 2.91. The lowest BCUT2D eigenvalue weighted by Crippen LogP contribution is -2.37. The summed E-state index contributed by atoms with van der Waals surface area (Å²) in [5.41, 5.74) is 13.0. The molecule has 2 aromatic rings. The summed E-state index contributed by atoms with van der Waals surface area (Å²) in [4.78, 5) is 16.1. The average Bonchev–Trinajstić information content (AvgIpc) is 2.48. The smallest absolute Gasteiger partial charge is 0.260 e. The number of hydrogen-bond acceptors (Lipinski definition) is 3. The van der Waals surface area contributed by atoms with Gasteiger partial charge in [-0.05, 0) is 23.8 Å². The van der Waals surface area contributed by atoms with E-state index in [4.69, 9.17) is 23.1 Å². The third-order valence-electron chi connectivity index (χ3n) is 2.78. The highest BCUT2D eigenvalue weighted by Crippen LogP contribution is 2.17. The fourth-order valence-electron chi connectivity index (χ4n) is 1.71. The third-order valence-corrected chi connectivity index (χ3v) is 3.01. The van der Waals surface area contributed by atoms with Gasteiger partial charge in [0.05, 0.1) is 12.1 Å². The summed E-state index contributed by atoms with van der Waals surface area (Å²) in [7, 11) is 0. The van der Waals surface area contributed by atoms with Crippen molar-refractivity contribution in [3.63, 3.8) is 0 Å². The predicted molar refractivity (Wildman–Crippen MR) is 85.1 cm³/mol. The Labute approximate surface area is 127 Å². The molecule has 5 N–H and O–H groups in total. The number of amides is 1. The number of hydrogen-bond donors (Lipinski definition) is 3. The predicted octanol–water partition coefficient (Wildman–Crippen LogP) is 2.17. The van der Waals surface area contributed by atoms with E-state index in [-0.39, 0.29) is 11.5 Å². The fourth-order valence-corrected chi connectivity index (χ4v) is 1.88. The summed E-state index contributed by atoms with van der Waals surface area (Å²) in [6.45, 7) is 0.387. The summed E-state index contributed by atoms with van der Waals surface area (Å²) >= 11 is 5.84. The highest BCUT2D eigenvalue weighted by molar-refractivity contribution is 6.31. The number of nitrogens with one attached hydrogen (secondary N) is 1. The minimum absolute atomic E-state index is 0.0308. The van der Waals surface area contributed by atoms with Crippen LogP contribution in [0.3, 0.4) is 0 Å². The van der Waals surface area contributed by atoms with Crippen molar-refractivity contribution in [3.8, 4) is 0 Å². The molecule has 0 bridgehead atoms. The van der Waals surface area contributed by atoms with Crippen molar-refractivity contribution in [2.24, 2.45) is 10.7 Å². The molecule has 0 aliphatic rings. The van der Waals surface area contributed by atoms with Gasteiger partial charge in [-0.25, -0.2) is 4.99 Å². The topological polar surface area (TPSA) is 93.5 Å². The van der Waals surface area contributed by atoms with Crippen molar-refractivity contribution < 1.29 is 4.79 Å². The molecule has 0 aliphatic heterocycles. The number of nitrogens with two attached hydrogens (primary N) is 2. The first kappa shape index (κ1) is 14.9. The van der Waals surface area contributed by atoms with Gasteiger partial charge in [0.2, 0.25) is 0 Å².